The first kappa shape index (κ1) is 9.64. The quantitative estimate of drug-likeness (QED) is 0.780. The molecule has 4 heteroatoms. The van der Waals surface area contributed by atoms with Crippen LogP contribution in [0.1, 0.15) is 24.5 Å². The van der Waals surface area contributed by atoms with Crippen LogP contribution in [0.15, 0.2) is 5.38 Å². The lowest BCUT2D eigenvalue weighted by molar-refractivity contribution is 0.0188. The third kappa shape index (κ3) is 1.83. The van der Waals surface area contributed by atoms with E-state index in [0.717, 1.165) is 5.01 Å². The van der Waals surface area contributed by atoms with Gasteiger partial charge in [0, 0.05) is 12.5 Å². The third-order valence-electron chi connectivity index (χ3n) is 1.74. The predicted octanol–water partition coefficient (Wildman–Crippen LogP) is 1.52. The molecule has 0 aliphatic carbocycles. The van der Waals surface area contributed by atoms with Crippen LogP contribution < -0.4 is 0 Å². The van der Waals surface area contributed by atoms with Crippen molar-refractivity contribution in [2.24, 2.45) is 0 Å². The number of aliphatic hydroxyl groups is 1. The summed E-state index contributed by atoms with van der Waals surface area (Å²) in [6.45, 7) is 3.90. The van der Waals surface area contributed by atoms with E-state index in [1.54, 1.807) is 7.11 Å². The number of methoxy groups -OCH3 is 1. The number of ether oxygens (including phenoxy) is 1. The molecule has 1 aromatic rings. The van der Waals surface area contributed by atoms with Gasteiger partial charge in [-0.2, -0.15) is 0 Å². The molecule has 68 valence electrons. The fourth-order valence-corrected chi connectivity index (χ4v) is 1.66. The van der Waals surface area contributed by atoms with Gasteiger partial charge in [-0.1, -0.05) is 0 Å². The normalized spacial score (nSPS) is 12.0. The zero-order valence-corrected chi connectivity index (χ0v) is 8.31. The average Bonchev–Trinajstić information content (AvgIpc) is 2.52. The van der Waals surface area contributed by atoms with Crippen molar-refractivity contribution in [1.82, 2.24) is 4.98 Å². The Balaban J connectivity index is 2.88. The first-order chi connectivity index (χ1) is 5.60. The summed E-state index contributed by atoms with van der Waals surface area (Å²) in [5.74, 6) is 0. The molecule has 12 heavy (non-hydrogen) atoms. The summed E-state index contributed by atoms with van der Waals surface area (Å²) >= 11 is 1.51. The van der Waals surface area contributed by atoms with E-state index < -0.39 is 0 Å². The highest BCUT2D eigenvalue weighted by atomic mass is 32.1. The number of nitrogens with zero attached hydrogens (tertiary/aromatic N) is 1. The van der Waals surface area contributed by atoms with Crippen LogP contribution in [0.4, 0.5) is 0 Å². The standard InChI is InChI=1S/C8H13NO2S/c1-8(2,11-3)7-9-6(4-10)5-12-7/h5,10H,4H2,1-3H3. The molecule has 0 aliphatic rings. The number of aliphatic hydroxyl groups excluding tert-OH is 1. The second-order valence-electron chi connectivity index (χ2n) is 3.02. The van der Waals surface area contributed by atoms with Gasteiger partial charge >= 0.3 is 0 Å². The molecule has 0 radical (unpaired) electrons. The lowest BCUT2D eigenvalue weighted by Gasteiger charge is -2.19. The van der Waals surface area contributed by atoms with E-state index in [4.69, 9.17) is 9.84 Å². The van der Waals surface area contributed by atoms with E-state index in [2.05, 4.69) is 4.98 Å². The first-order valence-electron chi connectivity index (χ1n) is 3.71. The Morgan fingerprint density at radius 1 is 1.67 bits per heavy atom. The molecule has 0 saturated carbocycles. The van der Waals surface area contributed by atoms with Gasteiger partial charge < -0.3 is 9.84 Å². The van der Waals surface area contributed by atoms with Gasteiger partial charge in [-0.05, 0) is 13.8 Å². The van der Waals surface area contributed by atoms with Gasteiger partial charge in [0.1, 0.15) is 10.6 Å². The fraction of sp³-hybridized carbons (Fsp3) is 0.625. The Labute approximate surface area is 76.0 Å². The van der Waals surface area contributed by atoms with Crippen molar-refractivity contribution in [3.8, 4) is 0 Å². The number of rotatable bonds is 3. The van der Waals surface area contributed by atoms with Crippen molar-refractivity contribution in [1.29, 1.82) is 0 Å². The van der Waals surface area contributed by atoms with Crippen molar-refractivity contribution < 1.29 is 9.84 Å². The smallest absolute Gasteiger partial charge is 0.124 e. The molecule has 1 N–H and O–H groups in total. The van der Waals surface area contributed by atoms with E-state index in [1.165, 1.54) is 11.3 Å². The van der Waals surface area contributed by atoms with E-state index in [1.807, 2.05) is 19.2 Å². The Morgan fingerprint density at radius 2 is 2.33 bits per heavy atom. The summed E-state index contributed by atoms with van der Waals surface area (Å²) in [7, 11) is 1.65. The van der Waals surface area contributed by atoms with Crippen molar-refractivity contribution in [2.45, 2.75) is 26.1 Å². The van der Waals surface area contributed by atoms with Gasteiger partial charge in [0.15, 0.2) is 0 Å². The zero-order valence-electron chi connectivity index (χ0n) is 7.50. The maximum Gasteiger partial charge on any atom is 0.124 e. The van der Waals surface area contributed by atoms with Crippen LogP contribution >= 0.6 is 11.3 Å². The molecule has 0 aliphatic heterocycles. The highest BCUT2D eigenvalue weighted by molar-refractivity contribution is 7.09. The van der Waals surface area contributed by atoms with Crippen LogP contribution in [0.3, 0.4) is 0 Å². The first-order valence-corrected chi connectivity index (χ1v) is 4.59. The molecule has 0 saturated heterocycles. The topological polar surface area (TPSA) is 42.4 Å². The second kappa shape index (κ2) is 3.51. The molecule has 0 spiro atoms. The van der Waals surface area contributed by atoms with Crippen molar-refractivity contribution in [3.05, 3.63) is 16.1 Å². The Morgan fingerprint density at radius 3 is 2.75 bits per heavy atom. The maximum absolute atomic E-state index is 8.79. The summed E-state index contributed by atoms with van der Waals surface area (Å²) < 4.78 is 5.25. The molecule has 0 fully saturated rings. The van der Waals surface area contributed by atoms with Gasteiger partial charge in [-0.3, -0.25) is 0 Å². The summed E-state index contributed by atoms with van der Waals surface area (Å²) in [5, 5.41) is 11.5. The molecule has 0 unspecified atom stereocenters. The monoisotopic (exact) mass is 187 g/mol. The number of thiazole rings is 1. The highest BCUT2D eigenvalue weighted by Gasteiger charge is 2.23. The van der Waals surface area contributed by atoms with E-state index >= 15 is 0 Å². The van der Waals surface area contributed by atoms with Crippen LogP contribution in [0.2, 0.25) is 0 Å². The van der Waals surface area contributed by atoms with E-state index in [-0.39, 0.29) is 12.2 Å². The third-order valence-corrected chi connectivity index (χ3v) is 2.94. The van der Waals surface area contributed by atoms with Crippen molar-refractivity contribution in [2.75, 3.05) is 7.11 Å². The molecule has 0 atom stereocenters. The highest BCUT2D eigenvalue weighted by Crippen LogP contribution is 2.26. The molecule has 0 aromatic carbocycles. The fourth-order valence-electron chi connectivity index (χ4n) is 0.743. The maximum atomic E-state index is 8.79. The van der Waals surface area contributed by atoms with Gasteiger partial charge in [-0.15, -0.1) is 11.3 Å². The zero-order chi connectivity index (χ0) is 9.19. The molecular weight excluding hydrogens is 174 g/mol. The largest absolute Gasteiger partial charge is 0.390 e. The van der Waals surface area contributed by atoms with Crippen LogP contribution in [0.25, 0.3) is 0 Å². The molecule has 1 heterocycles. The van der Waals surface area contributed by atoms with Crippen molar-refractivity contribution in [3.63, 3.8) is 0 Å². The number of aromatic nitrogens is 1. The SMILES string of the molecule is COC(C)(C)c1nc(CO)cs1. The molecular formula is C8H13NO2S. The van der Waals surface area contributed by atoms with Crippen LogP contribution in [0.5, 0.6) is 0 Å². The minimum Gasteiger partial charge on any atom is -0.390 e. The van der Waals surface area contributed by atoms with Crippen LogP contribution in [-0.2, 0) is 16.9 Å². The number of hydrogen-bond acceptors (Lipinski definition) is 4. The number of hydrogen-bond donors (Lipinski definition) is 1. The summed E-state index contributed by atoms with van der Waals surface area (Å²) in [5.41, 5.74) is 0.359. The van der Waals surface area contributed by atoms with E-state index in [0.29, 0.717) is 5.69 Å². The Hall–Kier alpha value is -0.450. The van der Waals surface area contributed by atoms with Crippen molar-refractivity contribution >= 4 is 11.3 Å². The summed E-state index contributed by atoms with van der Waals surface area (Å²) in [6.07, 6.45) is 0. The van der Waals surface area contributed by atoms with Gasteiger partial charge in [0.05, 0.1) is 12.3 Å². The van der Waals surface area contributed by atoms with Gasteiger partial charge in [-0.25, -0.2) is 4.98 Å². The average molecular weight is 187 g/mol. The molecule has 3 nitrogen and oxygen atoms in total. The Kier molecular flexibility index (Phi) is 2.82. The molecule has 0 bridgehead atoms. The lowest BCUT2D eigenvalue weighted by Crippen LogP contribution is -2.19. The van der Waals surface area contributed by atoms with Crippen LogP contribution in [0, 0.1) is 0 Å². The molecule has 0 amide bonds. The van der Waals surface area contributed by atoms with Crippen LogP contribution in [-0.4, -0.2) is 17.2 Å². The minimum atomic E-state index is -0.349. The van der Waals surface area contributed by atoms with Gasteiger partial charge in [0.2, 0.25) is 0 Å². The van der Waals surface area contributed by atoms with E-state index in [9.17, 15) is 0 Å². The minimum absolute atomic E-state index is 0.00368. The predicted molar refractivity (Wildman–Crippen MR) is 48.1 cm³/mol. The molecule has 1 aromatic heterocycles. The lowest BCUT2D eigenvalue weighted by atomic mass is 10.1. The second-order valence-corrected chi connectivity index (χ2v) is 3.87. The summed E-state index contributed by atoms with van der Waals surface area (Å²) in [4.78, 5) is 4.21. The van der Waals surface area contributed by atoms with Gasteiger partial charge in [0.25, 0.3) is 0 Å². The summed E-state index contributed by atoms with van der Waals surface area (Å²) in [6, 6.07) is 0. The Bertz CT molecular complexity index is 257. The molecule has 1 rings (SSSR count).